The molecule has 1 aliphatic heterocycles. The molecule has 0 aromatic carbocycles. The van der Waals surface area contributed by atoms with Gasteiger partial charge in [0.2, 0.25) is 0 Å². The van der Waals surface area contributed by atoms with Crippen molar-refractivity contribution >= 4 is 17.2 Å². The Kier molecular flexibility index (Phi) is 3.90. The van der Waals surface area contributed by atoms with Crippen molar-refractivity contribution in [3.63, 3.8) is 0 Å². The molecule has 1 saturated heterocycles. The first-order valence-corrected chi connectivity index (χ1v) is 7.64. The van der Waals surface area contributed by atoms with Crippen LogP contribution in [-0.4, -0.2) is 39.1 Å². The molecular formula is C13H13F3N4OS. The zero-order chi connectivity index (χ0) is 15.7. The SMILES string of the molecule is O=C(c1cn[nH]c1)N1CCCC(c2nc(C(F)(F)F)cs2)C1. The molecule has 0 bridgehead atoms. The molecule has 3 heterocycles. The van der Waals surface area contributed by atoms with Crippen LogP contribution in [0, 0.1) is 0 Å². The Labute approximate surface area is 128 Å². The first-order valence-electron chi connectivity index (χ1n) is 6.76. The van der Waals surface area contributed by atoms with Crippen molar-refractivity contribution in [3.05, 3.63) is 34.0 Å². The van der Waals surface area contributed by atoms with Crippen molar-refractivity contribution in [1.82, 2.24) is 20.1 Å². The summed E-state index contributed by atoms with van der Waals surface area (Å²) in [6.07, 6.45) is 0.0130. The van der Waals surface area contributed by atoms with Crippen molar-refractivity contribution in [2.75, 3.05) is 13.1 Å². The zero-order valence-corrected chi connectivity index (χ0v) is 12.2. The number of rotatable bonds is 2. The molecule has 22 heavy (non-hydrogen) atoms. The van der Waals surface area contributed by atoms with Crippen molar-refractivity contribution < 1.29 is 18.0 Å². The van der Waals surface area contributed by atoms with E-state index in [1.807, 2.05) is 0 Å². The summed E-state index contributed by atoms with van der Waals surface area (Å²) >= 11 is 1.01. The number of amides is 1. The van der Waals surface area contributed by atoms with Gasteiger partial charge in [-0.25, -0.2) is 4.98 Å². The van der Waals surface area contributed by atoms with Crippen LogP contribution in [0.25, 0.3) is 0 Å². The molecule has 1 N–H and O–H groups in total. The number of likely N-dealkylation sites (tertiary alicyclic amines) is 1. The Morgan fingerprint density at radius 2 is 2.27 bits per heavy atom. The minimum absolute atomic E-state index is 0.147. The molecule has 2 aromatic rings. The van der Waals surface area contributed by atoms with E-state index in [-0.39, 0.29) is 11.8 Å². The Morgan fingerprint density at radius 1 is 1.45 bits per heavy atom. The average Bonchev–Trinajstić information content (AvgIpc) is 3.17. The molecule has 5 nitrogen and oxygen atoms in total. The van der Waals surface area contributed by atoms with E-state index in [1.165, 1.54) is 12.4 Å². The van der Waals surface area contributed by atoms with Crippen molar-refractivity contribution in [2.24, 2.45) is 0 Å². The van der Waals surface area contributed by atoms with Gasteiger partial charge in [-0.15, -0.1) is 11.3 Å². The van der Waals surface area contributed by atoms with Gasteiger partial charge in [0, 0.05) is 30.6 Å². The molecule has 1 unspecified atom stereocenters. The molecule has 1 aliphatic rings. The van der Waals surface area contributed by atoms with E-state index < -0.39 is 11.9 Å². The van der Waals surface area contributed by atoms with Crippen LogP contribution in [0.4, 0.5) is 13.2 Å². The fourth-order valence-electron chi connectivity index (χ4n) is 2.52. The van der Waals surface area contributed by atoms with Gasteiger partial charge in [-0.3, -0.25) is 9.89 Å². The number of nitrogens with zero attached hydrogens (tertiary/aromatic N) is 3. The van der Waals surface area contributed by atoms with Gasteiger partial charge in [-0.2, -0.15) is 18.3 Å². The van der Waals surface area contributed by atoms with Gasteiger partial charge in [-0.1, -0.05) is 0 Å². The fourth-order valence-corrected chi connectivity index (χ4v) is 3.47. The Morgan fingerprint density at radius 3 is 2.91 bits per heavy atom. The number of alkyl halides is 3. The maximum absolute atomic E-state index is 12.6. The zero-order valence-electron chi connectivity index (χ0n) is 11.4. The highest BCUT2D eigenvalue weighted by Gasteiger charge is 2.35. The molecule has 0 radical (unpaired) electrons. The van der Waals surface area contributed by atoms with Crippen LogP contribution in [0.2, 0.25) is 0 Å². The molecule has 1 amide bonds. The number of halogens is 3. The highest BCUT2D eigenvalue weighted by Crippen LogP contribution is 2.35. The number of hydrogen-bond acceptors (Lipinski definition) is 4. The van der Waals surface area contributed by atoms with Crippen molar-refractivity contribution in [2.45, 2.75) is 24.9 Å². The van der Waals surface area contributed by atoms with Gasteiger partial charge in [0.25, 0.3) is 5.91 Å². The number of hydrogen-bond donors (Lipinski definition) is 1. The predicted octanol–water partition coefficient (Wildman–Crippen LogP) is 2.90. The molecule has 0 spiro atoms. The Bertz CT molecular complexity index is 653. The molecule has 0 aliphatic carbocycles. The lowest BCUT2D eigenvalue weighted by Crippen LogP contribution is -2.39. The summed E-state index contributed by atoms with van der Waals surface area (Å²) in [5, 5.41) is 7.79. The van der Waals surface area contributed by atoms with Gasteiger partial charge in [0.1, 0.15) is 0 Å². The monoisotopic (exact) mass is 330 g/mol. The van der Waals surface area contributed by atoms with E-state index in [2.05, 4.69) is 15.2 Å². The third-order valence-corrected chi connectivity index (χ3v) is 4.62. The van der Waals surface area contributed by atoms with E-state index in [4.69, 9.17) is 0 Å². The smallest absolute Gasteiger partial charge is 0.338 e. The normalized spacial score (nSPS) is 19.4. The van der Waals surface area contributed by atoms with Crippen LogP contribution in [0.1, 0.15) is 39.8 Å². The minimum Gasteiger partial charge on any atom is -0.338 e. The lowest BCUT2D eigenvalue weighted by atomic mass is 9.98. The van der Waals surface area contributed by atoms with Gasteiger partial charge < -0.3 is 4.90 Å². The topological polar surface area (TPSA) is 61.9 Å². The fraction of sp³-hybridized carbons (Fsp3) is 0.462. The van der Waals surface area contributed by atoms with E-state index in [9.17, 15) is 18.0 Å². The molecular weight excluding hydrogens is 317 g/mol. The third-order valence-electron chi connectivity index (χ3n) is 3.62. The minimum atomic E-state index is -4.42. The summed E-state index contributed by atoms with van der Waals surface area (Å²) in [5.74, 6) is -0.309. The Balaban J connectivity index is 1.73. The maximum atomic E-state index is 12.6. The molecule has 118 valence electrons. The lowest BCUT2D eigenvalue weighted by molar-refractivity contribution is -0.140. The predicted molar refractivity (Wildman–Crippen MR) is 73.6 cm³/mol. The van der Waals surface area contributed by atoms with E-state index >= 15 is 0 Å². The second-order valence-electron chi connectivity index (χ2n) is 5.15. The number of H-pyrrole nitrogens is 1. The number of piperidine rings is 1. The number of aromatic amines is 1. The van der Waals surface area contributed by atoms with E-state index in [0.717, 1.165) is 29.6 Å². The van der Waals surface area contributed by atoms with Crippen LogP contribution >= 0.6 is 11.3 Å². The summed E-state index contributed by atoms with van der Waals surface area (Å²) in [6.45, 7) is 0.979. The van der Waals surface area contributed by atoms with Crippen LogP contribution in [-0.2, 0) is 6.18 Å². The molecule has 9 heteroatoms. The quantitative estimate of drug-likeness (QED) is 0.921. The summed E-state index contributed by atoms with van der Waals surface area (Å²) in [6, 6.07) is 0. The lowest BCUT2D eigenvalue weighted by Gasteiger charge is -2.31. The van der Waals surface area contributed by atoms with E-state index in [0.29, 0.717) is 23.7 Å². The van der Waals surface area contributed by atoms with E-state index in [1.54, 1.807) is 4.90 Å². The number of nitrogens with one attached hydrogen (secondary N) is 1. The van der Waals surface area contributed by atoms with Crippen LogP contribution in [0.5, 0.6) is 0 Å². The van der Waals surface area contributed by atoms with Crippen LogP contribution < -0.4 is 0 Å². The van der Waals surface area contributed by atoms with Crippen molar-refractivity contribution in [1.29, 1.82) is 0 Å². The summed E-state index contributed by atoms with van der Waals surface area (Å²) in [4.78, 5) is 17.6. The molecule has 1 atom stereocenters. The molecule has 0 saturated carbocycles. The van der Waals surface area contributed by atoms with Gasteiger partial charge in [0.05, 0.1) is 16.8 Å². The summed E-state index contributed by atoms with van der Waals surface area (Å²) in [7, 11) is 0. The first kappa shape index (κ1) is 15.0. The van der Waals surface area contributed by atoms with Gasteiger partial charge in [-0.05, 0) is 12.8 Å². The number of thiazole rings is 1. The second kappa shape index (κ2) is 5.71. The van der Waals surface area contributed by atoms with Crippen LogP contribution in [0.15, 0.2) is 17.8 Å². The number of carbonyl (C=O) groups is 1. The summed E-state index contributed by atoms with van der Waals surface area (Å²) in [5.41, 5.74) is -0.401. The van der Waals surface area contributed by atoms with Gasteiger partial charge in [0.15, 0.2) is 5.69 Å². The number of carbonyl (C=O) groups excluding carboxylic acids is 1. The summed E-state index contributed by atoms with van der Waals surface area (Å²) < 4.78 is 37.9. The Hall–Kier alpha value is -1.90. The van der Waals surface area contributed by atoms with Gasteiger partial charge >= 0.3 is 6.18 Å². The van der Waals surface area contributed by atoms with Crippen molar-refractivity contribution in [3.8, 4) is 0 Å². The highest BCUT2D eigenvalue weighted by atomic mass is 32.1. The van der Waals surface area contributed by atoms with Crippen LogP contribution in [0.3, 0.4) is 0 Å². The third kappa shape index (κ3) is 2.99. The molecule has 1 fully saturated rings. The molecule has 3 rings (SSSR count). The second-order valence-corrected chi connectivity index (χ2v) is 6.04. The molecule has 2 aromatic heterocycles. The number of aromatic nitrogens is 3. The first-order chi connectivity index (χ1) is 10.4. The average molecular weight is 330 g/mol. The maximum Gasteiger partial charge on any atom is 0.434 e. The largest absolute Gasteiger partial charge is 0.434 e. The standard InChI is InChI=1S/C13H13F3N4OS/c14-13(15,16)10-7-22-11(19-10)8-2-1-3-20(6-8)12(21)9-4-17-18-5-9/h4-5,7-8H,1-3,6H2,(H,17,18). The highest BCUT2D eigenvalue weighted by molar-refractivity contribution is 7.09.